The zero-order valence-electron chi connectivity index (χ0n) is 14.4. The van der Waals surface area contributed by atoms with Crippen molar-refractivity contribution in [2.24, 2.45) is 11.7 Å². The van der Waals surface area contributed by atoms with Gasteiger partial charge in [0, 0.05) is 0 Å². The number of aliphatic hydroxyl groups is 1. The number of hydrogen-bond acceptors (Lipinski definition) is 7. The van der Waals surface area contributed by atoms with E-state index < -0.39 is 73.3 Å². The van der Waals surface area contributed by atoms with Crippen LogP contribution in [-0.2, 0) is 24.0 Å². The molecule has 0 saturated heterocycles. The molecular weight excluding hydrogens is 352 g/mol. The second kappa shape index (κ2) is 11.0. The lowest BCUT2D eigenvalue weighted by Crippen LogP contribution is -2.58. The van der Waals surface area contributed by atoms with Gasteiger partial charge in [-0.3, -0.25) is 19.2 Å². The molecule has 0 aliphatic rings. The highest BCUT2D eigenvalue weighted by Gasteiger charge is 2.31. The summed E-state index contributed by atoms with van der Waals surface area (Å²) < 4.78 is 0. The number of aliphatic hydroxyl groups excluding tert-OH is 1. The van der Waals surface area contributed by atoms with Gasteiger partial charge in [0.15, 0.2) is 0 Å². The Morgan fingerprint density at radius 1 is 0.923 bits per heavy atom. The van der Waals surface area contributed by atoms with Gasteiger partial charge in [-0.05, 0) is 5.92 Å². The van der Waals surface area contributed by atoms with Gasteiger partial charge in [0.1, 0.15) is 18.1 Å². The van der Waals surface area contributed by atoms with Crippen LogP contribution in [0.1, 0.15) is 20.3 Å². The van der Waals surface area contributed by atoms with E-state index in [0.717, 1.165) is 0 Å². The average molecular weight is 376 g/mol. The van der Waals surface area contributed by atoms with Crippen molar-refractivity contribution >= 4 is 29.7 Å². The first-order valence-electron chi connectivity index (χ1n) is 7.69. The van der Waals surface area contributed by atoms with Gasteiger partial charge in [-0.2, -0.15) is 0 Å². The van der Waals surface area contributed by atoms with E-state index in [9.17, 15) is 24.0 Å². The molecule has 148 valence electrons. The molecule has 0 rings (SSSR count). The highest BCUT2D eigenvalue weighted by atomic mass is 16.4. The monoisotopic (exact) mass is 376 g/mol. The molecule has 3 amide bonds. The first kappa shape index (κ1) is 23.3. The first-order chi connectivity index (χ1) is 12.0. The third-order valence-electron chi connectivity index (χ3n) is 3.26. The van der Waals surface area contributed by atoms with E-state index >= 15 is 0 Å². The van der Waals surface area contributed by atoms with Crippen molar-refractivity contribution in [1.29, 1.82) is 0 Å². The molecule has 0 fully saturated rings. The highest BCUT2D eigenvalue weighted by molar-refractivity contribution is 5.95. The summed E-state index contributed by atoms with van der Waals surface area (Å²) >= 11 is 0. The van der Waals surface area contributed by atoms with Gasteiger partial charge in [-0.15, -0.1) is 0 Å². The van der Waals surface area contributed by atoms with Gasteiger partial charge in [-0.25, -0.2) is 4.79 Å². The smallest absolute Gasteiger partial charge is 0.328 e. The largest absolute Gasteiger partial charge is 0.481 e. The van der Waals surface area contributed by atoms with Crippen LogP contribution in [0.15, 0.2) is 0 Å². The number of carbonyl (C=O) groups excluding carboxylic acids is 3. The Hall–Kier alpha value is -2.73. The summed E-state index contributed by atoms with van der Waals surface area (Å²) in [4.78, 5) is 57.5. The molecule has 0 aliphatic heterocycles. The van der Waals surface area contributed by atoms with Crippen LogP contribution in [0.5, 0.6) is 0 Å². The van der Waals surface area contributed by atoms with E-state index in [1.165, 1.54) is 0 Å². The Bertz CT molecular complexity index is 551. The van der Waals surface area contributed by atoms with Gasteiger partial charge in [0.25, 0.3) is 0 Å². The first-order valence-corrected chi connectivity index (χ1v) is 7.69. The van der Waals surface area contributed by atoms with Crippen molar-refractivity contribution in [3.63, 3.8) is 0 Å². The van der Waals surface area contributed by atoms with Crippen molar-refractivity contribution in [1.82, 2.24) is 16.0 Å². The third kappa shape index (κ3) is 7.90. The molecule has 0 aromatic heterocycles. The zero-order valence-corrected chi connectivity index (χ0v) is 14.4. The second-order valence-corrected chi connectivity index (χ2v) is 5.73. The number of hydrogen-bond donors (Lipinski definition) is 7. The van der Waals surface area contributed by atoms with Gasteiger partial charge < -0.3 is 37.0 Å². The second-order valence-electron chi connectivity index (χ2n) is 5.73. The fraction of sp³-hybridized carbons (Fsp3) is 0.643. The Labute approximate surface area is 149 Å². The van der Waals surface area contributed by atoms with Crippen LogP contribution < -0.4 is 21.7 Å². The lowest BCUT2D eigenvalue weighted by atomic mass is 10.0. The molecule has 3 unspecified atom stereocenters. The number of amides is 3. The lowest BCUT2D eigenvalue weighted by Gasteiger charge is -2.25. The van der Waals surface area contributed by atoms with Crippen molar-refractivity contribution in [3.8, 4) is 0 Å². The number of nitrogens with one attached hydrogen (secondary N) is 3. The number of nitrogens with two attached hydrogens (primary N) is 1. The van der Waals surface area contributed by atoms with Crippen LogP contribution in [0.4, 0.5) is 0 Å². The molecule has 0 radical (unpaired) electrons. The van der Waals surface area contributed by atoms with Crippen molar-refractivity contribution < 1.29 is 39.3 Å². The average Bonchev–Trinajstić information content (AvgIpc) is 2.55. The number of aliphatic carboxylic acids is 2. The van der Waals surface area contributed by atoms with Crippen molar-refractivity contribution in [3.05, 3.63) is 0 Å². The molecule has 0 aromatic rings. The summed E-state index contributed by atoms with van der Waals surface area (Å²) in [7, 11) is 0. The summed E-state index contributed by atoms with van der Waals surface area (Å²) in [5.74, 6) is -5.91. The Balaban J connectivity index is 5.21. The van der Waals surface area contributed by atoms with E-state index in [0.29, 0.717) is 0 Å². The molecular formula is C14H24N4O8. The van der Waals surface area contributed by atoms with Gasteiger partial charge in [-0.1, -0.05) is 13.8 Å². The van der Waals surface area contributed by atoms with Gasteiger partial charge in [0.05, 0.1) is 19.6 Å². The predicted molar refractivity (Wildman–Crippen MR) is 86.7 cm³/mol. The summed E-state index contributed by atoms with van der Waals surface area (Å²) in [5, 5.41) is 33.1. The summed E-state index contributed by atoms with van der Waals surface area (Å²) in [6.45, 7) is 1.80. The van der Waals surface area contributed by atoms with E-state index in [4.69, 9.17) is 21.1 Å². The van der Waals surface area contributed by atoms with Crippen LogP contribution in [0, 0.1) is 5.92 Å². The van der Waals surface area contributed by atoms with E-state index in [2.05, 4.69) is 16.0 Å². The Kier molecular flexibility index (Phi) is 9.84. The third-order valence-corrected chi connectivity index (χ3v) is 3.26. The van der Waals surface area contributed by atoms with Crippen molar-refractivity contribution in [2.45, 2.75) is 38.4 Å². The van der Waals surface area contributed by atoms with Crippen LogP contribution in [0.2, 0.25) is 0 Å². The lowest BCUT2D eigenvalue weighted by molar-refractivity contribution is -0.144. The maximum Gasteiger partial charge on any atom is 0.328 e. The molecule has 12 nitrogen and oxygen atoms in total. The minimum Gasteiger partial charge on any atom is -0.481 e. The Morgan fingerprint density at radius 3 is 1.88 bits per heavy atom. The summed E-state index contributed by atoms with van der Waals surface area (Å²) in [6.07, 6.45) is -0.738. The fourth-order valence-electron chi connectivity index (χ4n) is 1.87. The van der Waals surface area contributed by atoms with Gasteiger partial charge in [0.2, 0.25) is 17.7 Å². The van der Waals surface area contributed by atoms with Crippen LogP contribution >= 0.6 is 0 Å². The van der Waals surface area contributed by atoms with Crippen LogP contribution in [-0.4, -0.2) is 76.3 Å². The SMILES string of the molecule is CC(C)C(NC(=O)C(CC(=O)O)NC(=O)CN)C(=O)NC(CO)C(=O)O. The molecule has 0 bridgehead atoms. The number of carboxylic acid groups (broad SMARTS) is 2. The van der Waals surface area contributed by atoms with E-state index in [1.807, 2.05) is 0 Å². The summed E-state index contributed by atoms with van der Waals surface area (Å²) in [5.41, 5.74) is 5.11. The van der Waals surface area contributed by atoms with Crippen LogP contribution in [0.3, 0.4) is 0 Å². The molecule has 0 spiro atoms. The van der Waals surface area contributed by atoms with Gasteiger partial charge >= 0.3 is 11.9 Å². The molecule has 26 heavy (non-hydrogen) atoms. The maximum atomic E-state index is 12.3. The standard InChI is InChI=1S/C14H24N4O8/c1-6(2)11(13(24)17-8(5-19)14(25)26)18-12(23)7(3-10(21)22)16-9(20)4-15/h6-8,11,19H,3-5,15H2,1-2H3,(H,16,20)(H,17,24)(H,18,23)(H,21,22)(H,25,26). The fourth-order valence-corrected chi connectivity index (χ4v) is 1.87. The quantitative estimate of drug-likeness (QED) is 0.191. The normalized spacial score (nSPS) is 14.0. The number of rotatable bonds is 11. The van der Waals surface area contributed by atoms with E-state index in [-0.39, 0.29) is 0 Å². The molecule has 8 N–H and O–H groups in total. The highest BCUT2D eigenvalue weighted by Crippen LogP contribution is 2.04. The molecule has 0 saturated carbocycles. The maximum absolute atomic E-state index is 12.3. The number of carbonyl (C=O) groups is 5. The minimum absolute atomic E-state index is 0.464. The molecule has 0 aliphatic carbocycles. The minimum atomic E-state index is -1.56. The molecule has 0 aromatic carbocycles. The molecule has 3 atom stereocenters. The molecule has 12 heteroatoms. The predicted octanol–water partition coefficient (Wildman–Crippen LogP) is -3.39. The zero-order chi connectivity index (χ0) is 20.4. The van der Waals surface area contributed by atoms with Crippen molar-refractivity contribution in [2.75, 3.05) is 13.2 Å². The van der Waals surface area contributed by atoms with E-state index in [1.54, 1.807) is 13.8 Å². The summed E-state index contributed by atoms with van der Waals surface area (Å²) in [6, 6.07) is -4.25. The van der Waals surface area contributed by atoms with Crippen LogP contribution in [0.25, 0.3) is 0 Å². The molecule has 0 heterocycles. The number of carboxylic acids is 2. The Morgan fingerprint density at radius 2 is 1.50 bits per heavy atom. The topological polar surface area (TPSA) is 208 Å².